The third kappa shape index (κ3) is 4.78. The van der Waals surface area contributed by atoms with Crippen LogP contribution in [0.5, 0.6) is 0 Å². The van der Waals surface area contributed by atoms with Crippen molar-refractivity contribution in [2.75, 3.05) is 18.0 Å². The van der Waals surface area contributed by atoms with E-state index >= 15 is 4.39 Å². The Balaban J connectivity index is 2.01. The normalized spacial score (nSPS) is 18.0. The Labute approximate surface area is 209 Å². The van der Waals surface area contributed by atoms with E-state index in [9.17, 15) is 33.0 Å². The van der Waals surface area contributed by atoms with Gasteiger partial charge in [0.25, 0.3) is 5.91 Å². The third-order valence-corrected chi connectivity index (χ3v) is 6.91. The van der Waals surface area contributed by atoms with E-state index in [1.54, 1.807) is 6.92 Å². The van der Waals surface area contributed by atoms with Crippen molar-refractivity contribution in [3.63, 3.8) is 0 Å². The highest BCUT2D eigenvalue weighted by Gasteiger charge is 2.33. The molecule has 2 atom stereocenters. The van der Waals surface area contributed by atoms with Gasteiger partial charge in [0, 0.05) is 37.0 Å². The molecule has 37 heavy (non-hydrogen) atoms. The molecule has 3 N–H and O–H groups in total. The summed E-state index contributed by atoms with van der Waals surface area (Å²) in [5.74, 6) is -6.13. The number of aliphatic hydroxyl groups excluding tert-OH is 2. The lowest BCUT2D eigenvalue weighted by atomic mass is 9.95. The van der Waals surface area contributed by atoms with Crippen molar-refractivity contribution in [3.05, 3.63) is 63.5 Å². The number of aliphatic hydroxyl groups is 2. The number of amides is 1. The summed E-state index contributed by atoms with van der Waals surface area (Å²) in [6, 6.07) is 1.62. The van der Waals surface area contributed by atoms with Crippen LogP contribution in [0.1, 0.15) is 44.0 Å². The monoisotopic (exact) mass is 522 g/mol. The number of nitrogens with zero attached hydrogens (tertiary/aromatic N) is 3. The fourth-order valence-corrected chi connectivity index (χ4v) is 4.24. The number of halogens is 4. The van der Waals surface area contributed by atoms with Crippen LogP contribution in [0, 0.1) is 23.3 Å². The van der Waals surface area contributed by atoms with Crippen molar-refractivity contribution in [1.29, 1.82) is 0 Å². The number of carbonyl (C=O) groups is 1. The minimum Gasteiger partial charge on any atom is -0.389 e. The van der Waals surface area contributed by atoms with Crippen molar-refractivity contribution in [2.24, 2.45) is 0 Å². The maximum atomic E-state index is 15.2. The minimum absolute atomic E-state index is 0.187. The number of benzene rings is 1. The van der Waals surface area contributed by atoms with Gasteiger partial charge in [-0.2, -0.15) is 0 Å². The number of nitrogens with one attached hydrogen (secondary N) is 1. The van der Waals surface area contributed by atoms with Crippen LogP contribution in [-0.4, -0.2) is 56.5 Å². The van der Waals surface area contributed by atoms with Gasteiger partial charge in [-0.3, -0.25) is 14.2 Å². The average molecular weight is 522 g/mol. The Bertz CT molecular complexity index is 1410. The molecular weight excluding hydrogens is 496 g/mol. The molecule has 0 saturated carbocycles. The molecule has 1 fully saturated rings. The minimum atomic E-state index is -1.35. The van der Waals surface area contributed by atoms with E-state index in [4.69, 9.17) is 0 Å². The molecule has 8 nitrogen and oxygen atoms in total. The maximum Gasteiger partial charge on any atom is 0.257 e. The van der Waals surface area contributed by atoms with Crippen LogP contribution in [0.2, 0.25) is 0 Å². The lowest BCUT2D eigenvalue weighted by Gasteiger charge is -2.28. The molecule has 1 aromatic carbocycles. The molecule has 4 rings (SSSR count). The van der Waals surface area contributed by atoms with Gasteiger partial charge in [0.05, 0.1) is 17.6 Å². The number of aromatic nitrogens is 2. The second-order valence-corrected chi connectivity index (χ2v) is 9.39. The zero-order valence-electron chi connectivity index (χ0n) is 20.4. The first-order valence-electron chi connectivity index (χ1n) is 11.7. The van der Waals surface area contributed by atoms with Crippen molar-refractivity contribution in [2.45, 2.75) is 51.4 Å². The van der Waals surface area contributed by atoms with Crippen molar-refractivity contribution in [3.8, 4) is 5.69 Å². The topological polar surface area (TPSA) is 108 Å². The number of fused-ring (bicyclic) bond motifs is 1. The molecule has 1 amide bonds. The van der Waals surface area contributed by atoms with Crippen molar-refractivity contribution in [1.82, 2.24) is 14.9 Å². The predicted molar refractivity (Wildman–Crippen MR) is 128 cm³/mol. The summed E-state index contributed by atoms with van der Waals surface area (Å²) in [5, 5.41) is 22.0. The number of hydrogen-bond donors (Lipinski definition) is 3. The molecule has 0 unspecified atom stereocenters. The van der Waals surface area contributed by atoms with E-state index in [0.29, 0.717) is 25.0 Å². The van der Waals surface area contributed by atoms with Gasteiger partial charge < -0.3 is 20.4 Å². The standard InChI is InChI=1S/C25H26F4N4O4/c1-4-25(3,5-2)31-24(37)14-9-33(20-15(27)6-12(26)7-16(20)28)22-13(21(14)36)8-17(29)23(30-22)32-10-18(34)19(35)11-32/h6-9,18-19,34-35H,4-5,10-11H2,1-3H3,(H,31,37)/t18-,19-/m1/s1. The van der Waals surface area contributed by atoms with Crippen molar-refractivity contribution < 1.29 is 32.6 Å². The summed E-state index contributed by atoms with van der Waals surface area (Å²) in [6.45, 7) is 5.05. The van der Waals surface area contributed by atoms with Gasteiger partial charge in [-0.15, -0.1) is 0 Å². The summed E-state index contributed by atoms with van der Waals surface area (Å²) >= 11 is 0. The Hall–Kier alpha value is -3.51. The summed E-state index contributed by atoms with van der Waals surface area (Å²) < 4.78 is 59.3. The second-order valence-electron chi connectivity index (χ2n) is 9.39. The molecule has 2 aromatic heterocycles. The van der Waals surface area contributed by atoms with Crippen LogP contribution in [0.15, 0.2) is 29.2 Å². The van der Waals surface area contributed by atoms with E-state index in [-0.39, 0.29) is 18.9 Å². The number of hydrogen-bond acceptors (Lipinski definition) is 6. The molecule has 0 bridgehead atoms. The molecular formula is C25H26F4N4O4. The molecule has 1 saturated heterocycles. The fourth-order valence-electron chi connectivity index (χ4n) is 4.24. The predicted octanol–water partition coefficient (Wildman–Crippen LogP) is 2.79. The van der Waals surface area contributed by atoms with Gasteiger partial charge in [-0.1, -0.05) is 13.8 Å². The maximum absolute atomic E-state index is 15.2. The Kier molecular flexibility index (Phi) is 6.99. The first kappa shape index (κ1) is 26.6. The van der Waals surface area contributed by atoms with Gasteiger partial charge in [0.1, 0.15) is 17.1 Å². The number of β-amino-alcohol motifs (C(OH)–C–C–N with tert-alkyl or cyclic N) is 2. The third-order valence-electron chi connectivity index (χ3n) is 6.91. The number of anilines is 1. The summed E-state index contributed by atoms with van der Waals surface area (Å²) in [7, 11) is 0. The lowest BCUT2D eigenvalue weighted by molar-refractivity contribution is 0.0572. The average Bonchev–Trinajstić information content (AvgIpc) is 3.17. The summed E-state index contributed by atoms with van der Waals surface area (Å²) in [5.41, 5.74) is -3.39. The van der Waals surface area contributed by atoms with E-state index in [1.165, 1.54) is 4.90 Å². The van der Waals surface area contributed by atoms with Crippen LogP contribution in [0.25, 0.3) is 16.7 Å². The molecule has 3 heterocycles. The SMILES string of the molecule is CCC(C)(CC)NC(=O)c1cn(-c2c(F)cc(F)cc2F)c2nc(N3C[C@@H](O)[C@H](O)C3)c(F)cc2c1=O. The van der Waals surface area contributed by atoms with Crippen LogP contribution < -0.4 is 15.6 Å². The number of pyridine rings is 2. The lowest BCUT2D eigenvalue weighted by Crippen LogP contribution is -2.46. The molecule has 12 heteroatoms. The Morgan fingerprint density at radius 3 is 2.16 bits per heavy atom. The summed E-state index contributed by atoms with van der Waals surface area (Å²) in [4.78, 5) is 31.8. The van der Waals surface area contributed by atoms with Gasteiger partial charge in [0.15, 0.2) is 28.9 Å². The molecule has 1 aliphatic rings. The second kappa shape index (κ2) is 9.75. The molecule has 0 spiro atoms. The first-order chi connectivity index (χ1) is 17.4. The quantitative estimate of drug-likeness (QED) is 0.430. The van der Waals surface area contributed by atoms with E-state index in [1.807, 2.05) is 13.8 Å². The van der Waals surface area contributed by atoms with E-state index in [0.717, 1.165) is 16.8 Å². The molecule has 0 radical (unpaired) electrons. The van der Waals surface area contributed by atoms with Gasteiger partial charge in [0.2, 0.25) is 5.43 Å². The fraction of sp³-hybridized carbons (Fsp3) is 0.400. The highest BCUT2D eigenvalue weighted by Crippen LogP contribution is 2.28. The van der Waals surface area contributed by atoms with Gasteiger partial charge in [-0.05, 0) is 25.8 Å². The zero-order chi connectivity index (χ0) is 27.2. The van der Waals surface area contributed by atoms with Gasteiger partial charge in [-0.25, -0.2) is 22.5 Å². The van der Waals surface area contributed by atoms with Crippen molar-refractivity contribution >= 4 is 22.8 Å². The molecule has 198 valence electrons. The molecule has 0 aliphatic carbocycles. The number of rotatable bonds is 6. The highest BCUT2D eigenvalue weighted by molar-refractivity contribution is 5.97. The Morgan fingerprint density at radius 1 is 1.05 bits per heavy atom. The first-order valence-corrected chi connectivity index (χ1v) is 11.7. The zero-order valence-corrected chi connectivity index (χ0v) is 20.4. The van der Waals surface area contributed by atoms with Crippen LogP contribution in [-0.2, 0) is 0 Å². The van der Waals surface area contributed by atoms with E-state index in [2.05, 4.69) is 10.3 Å². The largest absolute Gasteiger partial charge is 0.389 e. The highest BCUT2D eigenvalue weighted by atomic mass is 19.1. The Morgan fingerprint density at radius 2 is 1.62 bits per heavy atom. The smallest absolute Gasteiger partial charge is 0.257 e. The number of carbonyl (C=O) groups excluding carboxylic acids is 1. The van der Waals surface area contributed by atoms with E-state index < -0.39 is 74.6 Å². The summed E-state index contributed by atoms with van der Waals surface area (Å²) in [6.07, 6.45) is -0.461. The van der Waals surface area contributed by atoms with Crippen LogP contribution in [0.3, 0.4) is 0 Å². The molecule has 1 aliphatic heterocycles. The van der Waals surface area contributed by atoms with Gasteiger partial charge >= 0.3 is 0 Å². The molecule has 3 aromatic rings. The van der Waals surface area contributed by atoms with Crippen LogP contribution >= 0.6 is 0 Å². The van der Waals surface area contributed by atoms with Crippen LogP contribution in [0.4, 0.5) is 23.4 Å².